The number of anilines is 1. The Hall–Kier alpha value is -1.60. The van der Waals surface area contributed by atoms with Crippen LogP contribution in [0.5, 0.6) is 0 Å². The lowest BCUT2D eigenvalue weighted by Crippen LogP contribution is -2.44. The summed E-state index contributed by atoms with van der Waals surface area (Å²) in [7, 11) is -3.74. The maximum atomic E-state index is 12.0. The third kappa shape index (κ3) is 3.71. The Morgan fingerprint density at radius 3 is 2.67 bits per heavy atom. The molecule has 0 radical (unpaired) electrons. The first-order valence-electron chi connectivity index (χ1n) is 5.52. The smallest absolute Gasteiger partial charge is 0.241 e. The highest BCUT2D eigenvalue weighted by Crippen LogP contribution is 2.12. The molecule has 0 saturated carbocycles. The normalized spacial score (nSPS) is 13.0. The molecule has 1 rings (SSSR count). The molecule has 0 spiro atoms. The number of rotatable bonds is 5. The molecule has 18 heavy (non-hydrogen) atoms. The van der Waals surface area contributed by atoms with Gasteiger partial charge in [0.25, 0.3) is 0 Å². The fourth-order valence-corrected chi connectivity index (χ4v) is 2.62. The molecule has 1 aromatic carbocycles. The van der Waals surface area contributed by atoms with Crippen LogP contribution >= 0.6 is 0 Å². The molecule has 1 amide bonds. The van der Waals surface area contributed by atoms with Crippen LogP contribution in [0, 0.1) is 0 Å². The van der Waals surface area contributed by atoms with Crippen molar-refractivity contribution in [3.05, 3.63) is 24.3 Å². The zero-order chi connectivity index (χ0) is 13.8. The molecule has 0 aromatic heterocycles. The average molecular weight is 271 g/mol. The lowest BCUT2D eigenvalue weighted by molar-refractivity contribution is -0.122. The second kappa shape index (κ2) is 5.83. The van der Waals surface area contributed by atoms with Gasteiger partial charge >= 0.3 is 0 Å². The first kappa shape index (κ1) is 14.5. The van der Waals surface area contributed by atoms with Gasteiger partial charge in [0.2, 0.25) is 15.9 Å². The molecular weight excluding hydrogens is 254 g/mol. The number of likely N-dealkylation sites (N-methyl/N-ethyl adjacent to an activating group) is 1. The SMILES string of the molecule is CCNC(=O)C(C)NS(=O)(=O)c1cccc(N)c1. The topological polar surface area (TPSA) is 101 Å². The fraction of sp³-hybridized carbons (Fsp3) is 0.364. The average Bonchev–Trinajstić information content (AvgIpc) is 2.28. The summed E-state index contributed by atoms with van der Waals surface area (Å²) in [5, 5.41) is 2.54. The van der Waals surface area contributed by atoms with Gasteiger partial charge in [-0.2, -0.15) is 4.72 Å². The van der Waals surface area contributed by atoms with E-state index in [2.05, 4.69) is 10.0 Å². The Morgan fingerprint density at radius 2 is 2.11 bits per heavy atom. The van der Waals surface area contributed by atoms with Crippen molar-refractivity contribution >= 4 is 21.6 Å². The summed E-state index contributed by atoms with van der Waals surface area (Å²) in [5.74, 6) is -0.370. The number of carbonyl (C=O) groups excluding carboxylic acids is 1. The molecule has 1 unspecified atom stereocenters. The van der Waals surface area contributed by atoms with E-state index in [9.17, 15) is 13.2 Å². The van der Waals surface area contributed by atoms with Gasteiger partial charge in [-0.3, -0.25) is 4.79 Å². The highest BCUT2D eigenvalue weighted by Gasteiger charge is 2.21. The first-order valence-corrected chi connectivity index (χ1v) is 7.00. The lowest BCUT2D eigenvalue weighted by Gasteiger charge is -2.13. The number of nitrogens with one attached hydrogen (secondary N) is 2. The third-order valence-electron chi connectivity index (χ3n) is 2.24. The molecule has 0 aliphatic carbocycles. The highest BCUT2D eigenvalue weighted by atomic mass is 32.2. The Balaban J connectivity index is 2.86. The quantitative estimate of drug-likeness (QED) is 0.660. The second-order valence-corrected chi connectivity index (χ2v) is 5.52. The molecule has 0 aliphatic heterocycles. The number of nitrogen functional groups attached to an aromatic ring is 1. The largest absolute Gasteiger partial charge is 0.399 e. The van der Waals surface area contributed by atoms with E-state index in [1.165, 1.54) is 19.1 Å². The third-order valence-corrected chi connectivity index (χ3v) is 3.78. The predicted molar refractivity (Wildman–Crippen MR) is 69.3 cm³/mol. The van der Waals surface area contributed by atoms with E-state index in [1.54, 1.807) is 19.1 Å². The van der Waals surface area contributed by atoms with Gasteiger partial charge in [0.1, 0.15) is 0 Å². The lowest BCUT2D eigenvalue weighted by atomic mass is 10.3. The molecule has 0 heterocycles. The summed E-state index contributed by atoms with van der Waals surface area (Å²) in [6.07, 6.45) is 0. The van der Waals surface area contributed by atoms with Crippen molar-refractivity contribution in [3.8, 4) is 0 Å². The number of carbonyl (C=O) groups is 1. The van der Waals surface area contributed by atoms with Gasteiger partial charge in [0, 0.05) is 12.2 Å². The van der Waals surface area contributed by atoms with Gasteiger partial charge in [0.05, 0.1) is 10.9 Å². The summed E-state index contributed by atoms with van der Waals surface area (Å²) in [5.41, 5.74) is 5.87. The van der Waals surface area contributed by atoms with Gasteiger partial charge in [-0.25, -0.2) is 8.42 Å². The number of hydrogen-bond acceptors (Lipinski definition) is 4. The van der Waals surface area contributed by atoms with Gasteiger partial charge in [-0.1, -0.05) is 6.07 Å². The summed E-state index contributed by atoms with van der Waals surface area (Å²) in [4.78, 5) is 11.5. The number of amides is 1. The minimum Gasteiger partial charge on any atom is -0.399 e. The Kier molecular flexibility index (Phi) is 4.69. The zero-order valence-corrected chi connectivity index (χ0v) is 11.1. The van der Waals surface area contributed by atoms with E-state index in [1.807, 2.05) is 0 Å². The van der Waals surface area contributed by atoms with Crippen LogP contribution in [0.2, 0.25) is 0 Å². The summed E-state index contributed by atoms with van der Waals surface area (Å²) in [6.45, 7) is 3.69. The number of nitrogens with two attached hydrogens (primary N) is 1. The van der Waals surface area contributed by atoms with E-state index in [0.717, 1.165) is 0 Å². The van der Waals surface area contributed by atoms with E-state index in [4.69, 9.17) is 5.73 Å². The maximum Gasteiger partial charge on any atom is 0.241 e. The van der Waals surface area contributed by atoms with E-state index in [-0.39, 0.29) is 10.8 Å². The maximum absolute atomic E-state index is 12.0. The molecule has 1 aromatic rings. The van der Waals surface area contributed by atoms with E-state index >= 15 is 0 Å². The molecule has 1 atom stereocenters. The van der Waals surface area contributed by atoms with Crippen molar-refractivity contribution < 1.29 is 13.2 Å². The van der Waals surface area contributed by atoms with Crippen LogP contribution in [-0.4, -0.2) is 26.9 Å². The Morgan fingerprint density at radius 1 is 1.44 bits per heavy atom. The zero-order valence-electron chi connectivity index (χ0n) is 10.3. The summed E-state index contributed by atoms with van der Waals surface area (Å²) < 4.78 is 26.2. The van der Waals surface area contributed by atoms with Gasteiger partial charge in [-0.15, -0.1) is 0 Å². The van der Waals surface area contributed by atoms with Crippen LogP contribution in [0.15, 0.2) is 29.2 Å². The van der Waals surface area contributed by atoms with E-state index < -0.39 is 16.1 Å². The minimum atomic E-state index is -3.74. The van der Waals surface area contributed by atoms with Gasteiger partial charge in [0.15, 0.2) is 0 Å². The standard InChI is InChI=1S/C11H17N3O3S/c1-3-13-11(15)8(2)14-18(16,17)10-6-4-5-9(12)7-10/h4-8,14H,3,12H2,1-2H3,(H,13,15). The summed E-state index contributed by atoms with van der Waals surface area (Å²) in [6, 6.07) is 5.06. The highest BCUT2D eigenvalue weighted by molar-refractivity contribution is 7.89. The number of hydrogen-bond donors (Lipinski definition) is 3. The van der Waals surface area contributed by atoms with Crippen LogP contribution in [0.1, 0.15) is 13.8 Å². The number of benzene rings is 1. The molecular formula is C11H17N3O3S. The van der Waals surface area contributed by atoms with Crippen LogP contribution in [-0.2, 0) is 14.8 Å². The molecule has 0 bridgehead atoms. The molecule has 100 valence electrons. The first-order chi connectivity index (χ1) is 8.36. The van der Waals surface area contributed by atoms with Crippen molar-refractivity contribution in [3.63, 3.8) is 0 Å². The fourth-order valence-electron chi connectivity index (χ4n) is 1.36. The van der Waals surface area contributed by atoms with Crippen LogP contribution < -0.4 is 15.8 Å². The Bertz CT molecular complexity index is 528. The molecule has 0 aliphatic rings. The molecule has 0 saturated heterocycles. The molecule has 6 nitrogen and oxygen atoms in total. The van der Waals surface area contributed by atoms with Crippen LogP contribution in [0.3, 0.4) is 0 Å². The van der Waals surface area contributed by atoms with Gasteiger partial charge in [-0.05, 0) is 32.0 Å². The molecule has 4 N–H and O–H groups in total. The minimum absolute atomic E-state index is 0.0404. The molecule has 7 heteroatoms. The molecule has 0 fully saturated rings. The van der Waals surface area contributed by atoms with Crippen molar-refractivity contribution in [2.24, 2.45) is 0 Å². The number of sulfonamides is 1. The van der Waals surface area contributed by atoms with Crippen molar-refractivity contribution in [2.75, 3.05) is 12.3 Å². The monoisotopic (exact) mass is 271 g/mol. The van der Waals surface area contributed by atoms with Crippen molar-refractivity contribution in [1.29, 1.82) is 0 Å². The second-order valence-electron chi connectivity index (χ2n) is 3.81. The van der Waals surface area contributed by atoms with E-state index in [0.29, 0.717) is 12.2 Å². The Labute approximate surface area is 107 Å². The van der Waals surface area contributed by atoms with Crippen LogP contribution in [0.4, 0.5) is 5.69 Å². The van der Waals surface area contributed by atoms with Gasteiger partial charge < -0.3 is 11.1 Å². The van der Waals surface area contributed by atoms with Crippen molar-refractivity contribution in [1.82, 2.24) is 10.0 Å². The van der Waals surface area contributed by atoms with Crippen LogP contribution in [0.25, 0.3) is 0 Å². The predicted octanol–water partition coefficient (Wildman–Crippen LogP) is 0.0717. The summed E-state index contributed by atoms with van der Waals surface area (Å²) >= 11 is 0. The van der Waals surface area contributed by atoms with Crippen molar-refractivity contribution in [2.45, 2.75) is 24.8 Å².